The molecule has 19 heavy (non-hydrogen) atoms. The van der Waals surface area contributed by atoms with Gasteiger partial charge in [-0.3, -0.25) is 0 Å². The lowest BCUT2D eigenvalue weighted by Crippen LogP contribution is -2.42. The van der Waals surface area contributed by atoms with Crippen molar-refractivity contribution in [2.75, 3.05) is 61.9 Å². The first-order valence-corrected chi connectivity index (χ1v) is 6.79. The fourth-order valence-electron chi connectivity index (χ4n) is 2.93. The van der Waals surface area contributed by atoms with Crippen LogP contribution in [0.3, 0.4) is 0 Å². The first-order chi connectivity index (χ1) is 8.74. The van der Waals surface area contributed by atoms with Crippen LogP contribution >= 0.6 is 0 Å². The average Bonchev–Trinajstić information content (AvgIpc) is 2.20. The monoisotopic (exact) mass is 267 g/mol. The smallest absolute Gasteiger partial charge is 0.115 e. The second kappa shape index (κ2) is 6.55. The van der Waals surface area contributed by atoms with E-state index in [1.54, 1.807) is 0 Å². The molecule has 1 N–H and O–H groups in total. The van der Waals surface area contributed by atoms with E-state index in [1.165, 1.54) is 0 Å². The normalized spacial score (nSPS) is 19.0. The van der Waals surface area contributed by atoms with Crippen molar-refractivity contribution in [3.8, 4) is 0 Å². The Bertz CT molecular complexity index is 346. The van der Waals surface area contributed by atoms with Crippen molar-refractivity contribution < 1.29 is 5.11 Å². The van der Waals surface area contributed by atoms with Gasteiger partial charge in [-0.15, -0.1) is 0 Å². The number of hydrogen-bond acceptors (Lipinski definition) is 4. The third-order valence-corrected chi connectivity index (χ3v) is 3.26. The van der Waals surface area contributed by atoms with Gasteiger partial charge in [-0.2, -0.15) is 0 Å². The summed E-state index contributed by atoms with van der Waals surface area (Å²) in [6, 6.07) is 0. The van der Waals surface area contributed by atoms with Crippen LogP contribution in [0.4, 0.5) is 0 Å². The van der Waals surface area contributed by atoms with Gasteiger partial charge in [-0.05, 0) is 54.8 Å². The molecule has 0 radical (unpaired) electrons. The second-order valence-corrected chi connectivity index (χ2v) is 6.54. The van der Waals surface area contributed by atoms with Crippen LogP contribution < -0.4 is 0 Å². The zero-order chi connectivity index (χ0) is 14.6. The number of rotatable bonds is 6. The minimum Gasteiger partial charge on any atom is -0.508 e. The molecule has 0 bridgehead atoms. The topological polar surface area (TPSA) is 30.0 Å². The van der Waals surface area contributed by atoms with Crippen molar-refractivity contribution in [1.29, 1.82) is 0 Å². The zero-order valence-electron chi connectivity index (χ0n) is 13.3. The molecule has 0 unspecified atom stereocenters. The highest BCUT2D eigenvalue weighted by Crippen LogP contribution is 2.34. The minimum atomic E-state index is 0.0879. The largest absolute Gasteiger partial charge is 0.508 e. The van der Waals surface area contributed by atoms with Crippen LogP contribution in [0.15, 0.2) is 23.5 Å². The zero-order valence-corrected chi connectivity index (χ0v) is 13.3. The summed E-state index contributed by atoms with van der Waals surface area (Å²) < 4.78 is 0. The maximum atomic E-state index is 10.1. The van der Waals surface area contributed by atoms with E-state index in [4.69, 9.17) is 0 Å². The standard InChI is InChI=1S/C15H29N3O/c1-16(2)10-13-9-15(11-17(3)4,12-18(5)6)8-7-14(13)19/h7,9,19H,8,10-12H2,1-6H3. The van der Waals surface area contributed by atoms with E-state index in [2.05, 4.69) is 49.0 Å². The first-order valence-electron chi connectivity index (χ1n) is 6.79. The average molecular weight is 267 g/mol. The summed E-state index contributed by atoms with van der Waals surface area (Å²) in [6.45, 7) is 2.77. The van der Waals surface area contributed by atoms with Crippen LogP contribution in [-0.4, -0.2) is 81.7 Å². The van der Waals surface area contributed by atoms with Gasteiger partial charge in [0.2, 0.25) is 0 Å². The Morgan fingerprint density at radius 1 is 1.00 bits per heavy atom. The summed E-state index contributed by atoms with van der Waals surface area (Å²) in [6.07, 6.45) is 5.15. The lowest BCUT2D eigenvalue weighted by molar-refractivity contribution is 0.186. The molecule has 1 aliphatic carbocycles. The van der Waals surface area contributed by atoms with E-state index in [0.29, 0.717) is 5.76 Å². The van der Waals surface area contributed by atoms with E-state index < -0.39 is 0 Å². The van der Waals surface area contributed by atoms with Crippen LogP contribution in [0.1, 0.15) is 6.42 Å². The summed E-state index contributed by atoms with van der Waals surface area (Å²) in [4.78, 5) is 6.55. The highest BCUT2D eigenvalue weighted by atomic mass is 16.3. The molecule has 1 rings (SSSR count). The summed E-state index contributed by atoms with van der Waals surface area (Å²) >= 11 is 0. The number of aliphatic hydroxyl groups is 1. The molecule has 0 aromatic heterocycles. The fourth-order valence-corrected chi connectivity index (χ4v) is 2.93. The lowest BCUT2D eigenvalue weighted by Gasteiger charge is -2.38. The van der Waals surface area contributed by atoms with E-state index in [-0.39, 0.29) is 5.41 Å². The van der Waals surface area contributed by atoms with Gasteiger partial charge < -0.3 is 19.8 Å². The molecule has 0 spiro atoms. The maximum Gasteiger partial charge on any atom is 0.115 e. The third-order valence-electron chi connectivity index (χ3n) is 3.26. The molecular weight excluding hydrogens is 238 g/mol. The SMILES string of the molecule is CN(C)CC1=CC(CN(C)C)(CN(C)C)CC=C1O. The number of nitrogens with zero attached hydrogens (tertiary/aromatic N) is 3. The van der Waals surface area contributed by atoms with Crippen LogP contribution in [-0.2, 0) is 0 Å². The van der Waals surface area contributed by atoms with E-state index >= 15 is 0 Å². The third kappa shape index (κ3) is 4.97. The molecule has 0 heterocycles. The van der Waals surface area contributed by atoms with Crippen molar-refractivity contribution in [3.63, 3.8) is 0 Å². The number of hydrogen-bond donors (Lipinski definition) is 1. The van der Waals surface area contributed by atoms with E-state index in [9.17, 15) is 5.11 Å². The van der Waals surface area contributed by atoms with Crippen molar-refractivity contribution in [3.05, 3.63) is 23.5 Å². The molecule has 0 saturated carbocycles. The lowest BCUT2D eigenvalue weighted by atomic mass is 9.78. The van der Waals surface area contributed by atoms with Crippen LogP contribution in [0.25, 0.3) is 0 Å². The Hall–Kier alpha value is -0.840. The second-order valence-electron chi connectivity index (χ2n) is 6.54. The molecule has 0 fully saturated rings. The van der Waals surface area contributed by atoms with Gasteiger partial charge in [0.1, 0.15) is 5.76 Å². The maximum absolute atomic E-state index is 10.1. The van der Waals surface area contributed by atoms with Gasteiger partial charge in [0.25, 0.3) is 0 Å². The van der Waals surface area contributed by atoms with Gasteiger partial charge >= 0.3 is 0 Å². The van der Waals surface area contributed by atoms with Gasteiger partial charge in [-0.25, -0.2) is 0 Å². The highest BCUT2D eigenvalue weighted by molar-refractivity contribution is 5.33. The summed E-state index contributed by atoms with van der Waals surface area (Å²) in [5.41, 5.74) is 1.13. The Morgan fingerprint density at radius 2 is 1.53 bits per heavy atom. The molecule has 0 saturated heterocycles. The van der Waals surface area contributed by atoms with E-state index in [1.807, 2.05) is 20.2 Å². The van der Waals surface area contributed by atoms with Gasteiger partial charge in [-0.1, -0.05) is 6.08 Å². The summed E-state index contributed by atoms with van der Waals surface area (Å²) in [7, 11) is 12.5. The van der Waals surface area contributed by atoms with Crippen LogP contribution in [0.2, 0.25) is 0 Å². The molecule has 0 amide bonds. The highest BCUT2D eigenvalue weighted by Gasteiger charge is 2.32. The van der Waals surface area contributed by atoms with Crippen LogP contribution in [0, 0.1) is 5.41 Å². The number of likely N-dealkylation sites (N-methyl/N-ethyl adjacent to an activating group) is 1. The Balaban J connectivity index is 3.00. The molecule has 1 aliphatic rings. The number of allylic oxidation sites excluding steroid dienone is 1. The molecule has 4 nitrogen and oxygen atoms in total. The fraction of sp³-hybridized carbons (Fsp3) is 0.733. The quantitative estimate of drug-likeness (QED) is 0.788. The van der Waals surface area contributed by atoms with Crippen molar-refractivity contribution in [1.82, 2.24) is 14.7 Å². The predicted molar refractivity (Wildman–Crippen MR) is 81.5 cm³/mol. The molecule has 4 heteroatoms. The molecule has 0 aliphatic heterocycles. The van der Waals surface area contributed by atoms with E-state index in [0.717, 1.165) is 31.6 Å². The van der Waals surface area contributed by atoms with Crippen molar-refractivity contribution >= 4 is 0 Å². The Kier molecular flexibility index (Phi) is 5.59. The molecule has 0 aromatic rings. The number of aliphatic hydroxyl groups excluding tert-OH is 1. The van der Waals surface area contributed by atoms with Gasteiger partial charge in [0.15, 0.2) is 0 Å². The molecule has 110 valence electrons. The summed E-state index contributed by atoms with van der Waals surface area (Å²) in [5, 5.41) is 10.1. The molecular formula is C15H29N3O. The van der Waals surface area contributed by atoms with Gasteiger partial charge in [0, 0.05) is 30.6 Å². The van der Waals surface area contributed by atoms with Gasteiger partial charge in [0.05, 0.1) is 0 Å². The van der Waals surface area contributed by atoms with Crippen molar-refractivity contribution in [2.24, 2.45) is 5.41 Å². The van der Waals surface area contributed by atoms with Crippen molar-refractivity contribution in [2.45, 2.75) is 6.42 Å². The molecule has 0 aromatic carbocycles. The molecule has 0 atom stereocenters. The first kappa shape index (κ1) is 16.2. The predicted octanol–water partition coefficient (Wildman–Crippen LogP) is 1.43. The Labute approximate surface area is 118 Å². The Morgan fingerprint density at radius 3 is 1.95 bits per heavy atom. The minimum absolute atomic E-state index is 0.0879. The summed E-state index contributed by atoms with van der Waals surface area (Å²) in [5.74, 6) is 0.446. The van der Waals surface area contributed by atoms with Crippen LogP contribution in [0.5, 0.6) is 0 Å².